The first kappa shape index (κ1) is 19.5. The predicted octanol–water partition coefficient (Wildman–Crippen LogP) is 2.15. The summed E-state index contributed by atoms with van der Waals surface area (Å²) in [7, 11) is -0.721. The van der Waals surface area contributed by atoms with Gasteiger partial charge in [-0.1, -0.05) is 12.1 Å². The van der Waals surface area contributed by atoms with Crippen LogP contribution in [-0.4, -0.2) is 47.3 Å². The van der Waals surface area contributed by atoms with E-state index in [2.05, 4.69) is 0 Å². The molecule has 0 fully saturated rings. The summed E-state index contributed by atoms with van der Waals surface area (Å²) in [5.74, 6) is -0.596. The Labute approximate surface area is 151 Å². The highest BCUT2D eigenvalue weighted by Gasteiger charge is 2.21. The van der Waals surface area contributed by atoms with Crippen molar-refractivity contribution in [3.8, 4) is 11.5 Å². The van der Waals surface area contributed by atoms with E-state index in [9.17, 15) is 18.0 Å². The molecule has 2 aromatic rings. The second kappa shape index (κ2) is 8.01. The Bertz CT molecular complexity index is 932. The van der Waals surface area contributed by atoms with E-state index in [-0.39, 0.29) is 21.8 Å². The summed E-state index contributed by atoms with van der Waals surface area (Å²) in [5, 5.41) is 0. The van der Waals surface area contributed by atoms with Crippen LogP contribution in [-0.2, 0) is 14.6 Å². The van der Waals surface area contributed by atoms with Crippen molar-refractivity contribution in [3.63, 3.8) is 0 Å². The lowest BCUT2D eigenvalue weighted by molar-refractivity contribution is 0.0470. The number of benzene rings is 2. The Kier molecular flexibility index (Phi) is 5.99. The van der Waals surface area contributed by atoms with Gasteiger partial charge in [0.1, 0.15) is 11.5 Å². The first-order valence-electron chi connectivity index (χ1n) is 7.49. The van der Waals surface area contributed by atoms with Crippen LogP contribution in [0.1, 0.15) is 20.7 Å². The fraction of sp³-hybridized carbons (Fsp3) is 0.222. The first-order valence-corrected chi connectivity index (χ1v) is 9.38. The van der Waals surface area contributed by atoms with Gasteiger partial charge in [-0.2, -0.15) is 0 Å². The lowest BCUT2D eigenvalue weighted by atomic mass is 10.1. The van der Waals surface area contributed by atoms with Gasteiger partial charge in [0, 0.05) is 12.3 Å². The van der Waals surface area contributed by atoms with Crippen molar-refractivity contribution in [1.29, 1.82) is 0 Å². The number of methoxy groups -OCH3 is 2. The molecule has 0 aromatic heterocycles. The Morgan fingerprint density at radius 1 is 0.962 bits per heavy atom. The summed E-state index contributed by atoms with van der Waals surface area (Å²) in [6, 6.07) is 10.3. The van der Waals surface area contributed by atoms with Gasteiger partial charge in [0.05, 0.1) is 30.2 Å². The number of ketones is 1. The average Bonchev–Trinajstić information content (AvgIpc) is 2.64. The van der Waals surface area contributed by atoms with Crippen molar-refractivity contribution in [1.82, 2.24) is 0 Å². The van der Waals surface area contributed by atoms with Crippen LogP contribution in [0.2, 0.25) is 0 Å². The number of Topliss-reactive ketones (excluding diaryl/α,β-unsaturated/α-hetero) is 1. The van der Waals surface area contributed by atoms with Crippen LogP contribution in [0.4, 0.5) is 0 Å². The molecule has 0 aliphatic carbocycles. The SMILES string of the molecule is COc1ccc(C(=O)COC(=O)c2ccccc2S(C)(=O)=O)c(OC)c1. The summed E-state index contributed by atoms with van der Waals surface area (Å²) >= 11 is 0. The molecule has 0 saturated heterocycles. The lowest BCUT2D eigenvalue weighted by Crippen LogP contribution is -2.17. The van der Waals surface area contributed by atoms with E-state index in [0.29, 0.717) is 5.75 Å². The highest BCUT2D eigenvalue weighted by Crippen LogP contribution is 2.25. The number of carbonyl (C=O) groups excluding carboxylic acids is 2. The third-order valence-corrected chi connectivity index (χ3v) is 4.70. The molecule has 0 spiro atoms. The standard InChI is InChI=1S/C18H18O7S/c1-23-12-8-9-13(16(10-12)24-2)15(19)11-25-18(20)14-6-4-5-7-17(14)26(3,21)22/h4-10H,11H2,1-3H3. The van der Waals surface area contributed by atoms with Crippen LogP contribution in [0.25, 0.3) is 0 Å². The zero-order valence-electron chi connectivity index (χ0n) is 14.5. The first-order chi connectivity index (χ1) is 12.3. The van der Waals surface area contributed by atoms with E-state index in [1.165, 1.54) is 50.6 Å². The molecular formula is C18H18O7S. The topological polar surface area (TPSA) is 96.0 Å². The maximum Gasteiger partial charge on any atom is 0.339 e. The molecule has 0 heterocycles. The number of esters is 1. The predicted molar refractivity (Wildman–Crippen MR) is 93.7 cm³/mol. The minimum Gasteiger partial charge on any atom is -0.497 e. The van der Waals surface area contributed by atoms with Crippen molar-refractivity contribution in [2.24, 2.45) is 0 Å². The van der Waals surface area contributed by atoms with Crippen molar-refractivity contribution < 1.29 is 32.2 Å². The van der Waals surface area contributed by atoms with Gasteiger partial charge in [0.2, 0.25) is 5.78 Å². The van der Waals surface area contributed by atoms with Gasteiger partial charge in [-0.15, -0.1) is 0 Å². The molecule has 0 radical (unpaired) electrons. The number of sulfone groups is 1. The molecule has 2 aromatic carbocycles. The van der Waals surface area contributed by atoms with Gasteiger partial charge in [-0.05, 0) is 24.3 Å². The number of hydrogen-bond acceptors (Lipinski definition) is 7. The maximum atomic E-state index is 12.3. The molecule has 0 saturated carbocycles. The maximum absolute atomic E-state index is 12.3. The van der Waals surface area contributed by atoms with Gasteiger partial charge in [0.25, 0.3) is 0 Å². The molecule has 26 heavy (non-hydrogen) atoms. The van der Waals surface area contributed by atoms with E-state index in [1.807, 2.05) is 0 Å². The van der Waals surface area contributed by atoms with E-state index >= 15 is 0 Å². The van der Waals surface area contributed by atoms with Crippen LogP contribution in [0.15, 0.2) is 47.4 Å². The van der Waals surface area contributed by atoms with Crippen LogP contribution >= 0.6 is 0 Å². The lowest BCUT2D eigenvalue weighted by Gasteiger charge is -2.11. The zero-order valence-corrected chi connectivity index (χ0v) is 15.3. The molecular weight excluding hydrogens is 360 g/mol. The number of carbonyl (C=O) groups is 2. The molecule has 0 amide bonds. The molecule has 138 valence electrons. The van der Waals surface area contributed by atoms with Crippen molar-refractivity contribution in [2.75, 3.05) is 27.1 Å². The van der Waals surface area contributed by atoms with Crippen molar-refractivity contribution in [3.05, 3.63) is 53.6 Å². The van der Waals surface area contributed by atoms with Gasteiger partial charge in [-0.25, -0.2) is 13.2 Å². The summed E-state index contributed by atoms with van der Waals surface area (Å²) in [6.45, 7) is -0.556. The number of ether oxygens (including phenoxy) is 3. The fourth-order valence-corrected chi connectivity index (χ4v) is 3.15. The van der Waals surface area contributed by atoms with E-state index in [1.54, 1.807) is 6.07 Å². The average molecular weight is 378 g/mol. The fourth-order valence-electron chi connectivity index (χ4n) is 2.27. The highest BCUT2D eigenvalue weighted by molar-refractivity contribution is 7.90. The number of hydrogen-bond donors (Lipinski definition) is 0. The van der Waals surface area contributed by atoms with E-state index in [4.69, 9.17) is 14.2 Å². The van der Waals surface area contributed by atoms with Crippen molar-refractivity contribution >= 4 is 21.6 Å². The molecule has 8 heteroatoms. The Morgan fingerprint density at radius 2 is 1.65 bits per heavy atom. The van der Waals surface area contributed by atoms with E-state index < -0.39 is 28.2 Å². The van der Waals surface area contributed by atoms with Crippen LogP contribution in [0.5, 0.6) is 11.5 Å². The highest BCUT2D eigenvalue weighted by atomic mass is 32.2. The molecule has 0 aliphatic rings. The van der Waals surface area contributed by atoms with E-state index in [0.717, 1.165) is 6.26 Å². The largest absolute Gasteiger partial charge is 0.497 e. The molecule has 2 rings (SSSR count). The molecule has 0 bridgehead atoms. The number of rotatable bonds is 7. The van der Waals surface area contributed by atoms with Gasteiger partial charge >= 0.3 is 5.97 Å². The second-order valence-electron chi connectivity index (χ2n) is 5.33. The van der Waals surface area contributed by atoms with Gasteiger partial charge < -0.3 is 14.2 Å². The quantitative estimate of drug-likeness (QED) is 0.538. The molecule has 7 nitrogen and oxygen atoms in total. The smallest absolute Gasteiger partial charge is 0.339 e. The summed E-state index contributed by atoms with van der Waals surface area (Å²) in [6.07, 6.45) is 0.993. The summed E-state index contributed by atoms with van der Waals surface area (Å²) in [4.78, 5) is 24.4. The Balaban J connectivity index is 2.17. The monoisotopic (exact) mass is 378 g/mol. The van der Waals surface area contributed by atoms with Gasteiger partial charge in [0.15, 0.2) is 16.4 Å². The Hall–Kier alpha value is -2.87. The third kappa shape index (κ3) is 4.40. The zero-order chi connectivity index (χ0) is 19.3. The van der Waals surface area contributed by atoms with Crippen LogP contribution in [0.3, 0.4) is 0 Å². The minimum atomic E-state index is -3.61. The molecule has 0 unspecified atom stereocenters. The normalized spacial score (nSPS) is 10.9. The molecule has 0 aliphatic heterocycles. The third-order valence-electron chi connectivity index (χ3n) is 3.55. The van der Waals surface area contributed by atoms with Crippen molar-refractivity contribution in [2.45, 2.75) is 4.90 Å². The Morgan fingerprint density at radius 3 is 2.27 bits per heavy atom. The van der Waals surface area contributed by atoms with Gasteiger partial charge in [-0.3, -0.25) is 4.79 Å². The van der Waals surface area contributed by atoms with Crippen LogP contribution < -0.4 is 9.47 Å². The molecule has 0 atom stereocenters. The summed E-state index contributed by atoms with van der Waals surface area (Å²) < 4.78 is 38.7. The second-order valence-corrected chi connectivity index (χ2v) is 7.32. The minimum absolute atomic E-state index is 0.121. The summed E-state index contributed by atoms with van der Waals surface area (Å²) in [5.41, 5.74) is 0.0991. The molecule has 0 N–H and O–H groups in total. The van der Waals surface area contributed by atoms with Crippen LogP contribution in [0, 0.1) is 0 Å².